The Morgan fingerprint density at radius 3 is 2.57 bits per heavy atom. The van der Waals surface area contributed by atoms with Crippen LogP contribution in [0.3, 0.4) is 0 Å². The summed E-state index contributed by atoms with van der Waals surface area (Å²) in [5.41, 5.74) is 2.21. The number of fused-ring (bicyclic) bond motifs is 1. The first-order valence-electron chi connectivity index (χ1n) is 8.32. The van der Waals surface area contributed by atoms with Gasteiger partial charge < -0.3 is 5.32 Å². The molecule has 1 N–H and O–H groups in total. The molecule has 0 unspecified atom stereocenters. The number of halogens is 1. The van der Waals surface area contributed by atoms with E-state index in [2.05, 4.69) is 20.3 Å². The molecule has 0 bridgehead atoms. The van der Waals surface area contributed by atoms with Gasteiger partial charge in [0.2, 0.25) is 0 Å². The van der Waals surface area contributed by atoms with Crippen molar-refractivity contribution < 1.29 is 12.8 Å². The Morgan fingerprint density at radius 1 is 1.04 bits per heavy atom. The highest BCUT2D eigenvalue weighted by atomic mass is 32.2. The van der Waals surface area contributed by atoms with E-state index in [0.29, 0.717) is 33.3 Å². The molecule has 0 aliphatic heterocycles. The third kappa shape index (κ3) is 4.15. The summed E-state index contributed by atoms with van der Waals surface area (Å²) < 4.78 is 38.0. The molecule has 0 spiro atoms. The second kappa shape index (κ2) is 7.25. The Bertz CT molecular complexity index is 1260. The molecule has 6 nitrogen and oxygen atoms in total. The van der Waals surface area contributed by atoms with Crippen molar-refractivity contribution in [2.45, 2.75) is 11.3 Å². The van der Waals surface area contributed by atoms with Gasteiger partial charge in [0.1, 0.15) is 5.82 Å². The van der Waals surface area contributed by atoms with E-state index in [9.17, 15) is 12.8 Å². The van der Waals surface area contributed by atoms with E-state index in [4.69, 9.17) is 0 Å². The van der Waals surface area contributed by atoms with E-state index in [0.717, 1.165) is 11.8 Å². The van der Waals surface area contributed by atoms with E-state index >= 15 is 0 Å². The molecular weight excluding hydrogens is 399 g/mol. The van der Waals surface area contributed by atoms with Crippen LogP contribution in [0.2, 0.25) is 0 Å². The highest BCUT2D eigenvalue weighted by molar-refractivity contribution is 7.90. The van der Waals surface area contributed by atoms with E-state index in [1.165, 1.54) is 17.4 Å². The van der Waals surface area contributed by atoms with Crippen LogP contribution in [0.25, 0.3) is 10.2 Å². The first kappa shape index (κ1) is 18.5. The lowest BCUT2D eigenvalue weighted by Gasteiger charge is -2.05. The summed E-state index contributed by atoms with van der Waals surface area (Å²) in [6, 6.07) is 16.0. The van der Waals surface area contributed by atoms with Crippen LogP contribution in [-0.2, 0) is 16.3 Å². The van der Waals surface area contributed by atoms with Crippen LogP contribution in [-0.4, -0.2) is 29.6 Å². The lowest BCUT2D eigenvalue weighted by atomic mass is 10.1. The Labute approximate surface area is 165 Å². The first-order chi connectivity index (χ1) is 13.4. The van der Waals surface area contributed by atoms with Gasteiger partial charge in [-0.2, -0.15) is 9.37 Å². The van der Waals surface area contributed by atoms with Crippen LogP contribution in [0.5, 0.6) is 0 Å². The first-order valence-corrected chi connectivity index (χ1v) is 11.0. The summed E-state index contributed by atoms with van der Waals surface area (Å²) in [7, 11) is -3.30. The van der Waals surface area contributed by atoms with Crippen molar-refractivity contribution in [3.63, 3.8) is 0 Å². The molecule has 4 aromatic rings. The molecule has 0 saturated carbocycles. The van der Waals surface area contributed by atoms with Crippen LogP contribution in [0.4, 0.5) is 15.3 Å². The van der Waals surface area contributed by atoms with Crippen molar-refractivity contribution in [2.24, 2.45) is 0 Å². The van der Waals surface area contributed by atoms with Crippen LogP contribution < -0.4 is 5.32 Å². The number of nitrogens with zero attached hydrogens (tertiary/aromatic N) is 3. The molecular formula is C19H15FN4O2S2. The van der Waals surface area contributed by atoms with Crippen molar-refractivity contribution in [3.05, 3.63) is 71.9 Å². The molecule has 0 aliphatic rings. The second-order valence-electron chi connectivity index (χ2n) is 6.22. The van der Waals surface area contributed by atoms with Gasteiger partial charge in [0, 0.05) is 18.7 Å². The number of thiazole rings is 1. The van der Waals surface area contributed by atoms with E-state index in [-0.39, 0.29) is 4.90 Å². The van der Waals surface area contributed by atoms with Crippen LogP contribution in [0.15, 0.2) is 59.5 Å². The number of nitrogens with one attached hydrogen (secondary N) is 1. The van der Waals surface area contributed by atoms with Crippen molar-refractivity contribution in [2.75, 3.05) is 11.6 Å². The zero-order valence-electron chi connectivity index (χ0n) is 14.8. The molecule has 2 heterocycles. The number of hydrogen-bond donors (Lipinski definition) is 1. The molecule has 28 heavy (non-hydrogen) atoms. The van der Waals surface area contributed by atoms with Gasteiger partial charge in [-0.15, -0.1) is 0 Å². The summed E-state index contributed by atoms with van der Waals surface area (Å²) in [5.74, 6) is 0.292. The zero-order chi connectivity index (χ0) is 19.7. The van der Waals surface area contributed by atoms with Gasteiger partial charge in [0.25, 0.3) is 0 Å². The maximum absolute atomic E-state index is 13.9. The Morgan fingerprint density at radius 2 is 1.82 bits per heavy atom. The topological polar surface area (TPSA) is 84.8 Å². The van der Waals surface area contributed by atoms with Gasteiger partial charge in [-0.25, -0.2) is 18.4 Å². The molecule has 2 aromatic heterocycles. The Kier molecular flexibility index (Phi) is 4.78. The molecule has 0 saturated heterocycles. The minimum atomic E-state index is -3.30. The fourth-order valence-electron chi connectivity index (χ4n) is 2.72. The maximum atomic E-state index is 13.9. The quantitative estimate of drug-likeness (QED) is 0.498. The third-order valence-corrected chi connectivity index (χ3v) is 6.05. The van der Waals surface area contributed by atoms with Crippen molar-refractivity contribution in [3.8, 4) is 0 Å². The standard InChI is InChI=1S/C19H15FN4O2S2/c1-28(25,26)14-7-8-15-16(11-14)27-19(22-15)24-17-10-13(21-18(20)23-17)9-12-5-3-2-4-6-12/h2-8,10-11H,9H2,1H3,(H,21,22,23,24). The smallest absolute Gasteiger partial charge is 0.310 e. The van der Waals surface area contributed by atoms with Gasteiger partial charge in [0.15, 0.2) is 15.0 Å². The van der Waals surface area contributed by atoms with Crippen LogP contribution >= 0.6 is 11.3 Å². The number of hydrogen-bond acceptors (Lipinski definition) is 7. The summed E-state index contributed by atoms with van der Waals surface area (Å²) in [4.78, 5) is 12.3. The highest BCUT2D eigenvalue weighted by Gasteiger charge is 2.12. The number of rotatable bonds is 5. The lowest BCUT2D eigenvalue weighted by Crippen LogP contribution is -2.02. The monoisotopic (exact) mass is 414 g/mol. The van der Waals surface area contributed by atoms with Crippen LogP contribution in [0.1, 0.15) is 11.3 Å². The fraction of sp³-hybridized carbons (Fsp3) is 0.105. The fourth-order valence-corrected chi connectivity index (χ4v) is 4.36. The van der Waals surface area contributed by atoms with Gasteiger partial charge in [-0.3, -0.25) is 0 Å². The van der Waals surface area contributed by atoms with Gasteiger partial charge in [0.05, 0.1) is 20.8 Å². The number of anilines is 2. The predicted molar refractivity (Wildman–Crippen MR) is 107 cm³/mol. The largest absolute Gasteiger partial charge is 0.316 e. The van der Waals surface area contributed by atoms with Crippen molar-refractivity contribution in [1.82, 2.24) is 15.0 Å². The minimum Gasteiger partial charge on any atom is -0.316 e. The van der Waals surface area contributed by atoms with Crippen molar-refractivity contribution >= 4 is 42.3 Å². The second-order valence-corrected chi connectivity index (χ2v) is 9.27. The molecule has 4 rings (SSSR count). The van der Waals surface area contributed by atoms with E-state index in [1.54, 1.807) is 18.2 Å². The predicted octanol–water partition coefficient (Wildman–Crippen LogP) is 3.96. The molecule has 0 amide bonds. The van der Waals surface area contributed by atoms with E-state index < -0.39 is 15.9 Å². The highest BCUT2D eigenvalue weighted by Crippen LogP contribution is 2.30. The average Bonchev–Trinajstić information content (AvgIpc) is 3.02. The van der Waals surface area contributed by atoms with Gasteiger partial charge in [-0.1, -0.05) is 41.7 Å². The average molecular weight is 414 g/mol. The molecule has 0 radical (unpaired) electrons. The molecule has 142 valence electrons. The molecule has 0 fully saturated rings. The summed E-state index contributed by atoms with van der Waals surface area (Å²) >= 11 is 1.27. The number of aromatic nitrogens is 3. The normalized spacial score (nSPS) is 11.6. The SMILES string of the molecule is CS(=O)(=O)c1ccc2nc(Nc3cc(Cc4ccccc4)nc(F)n3)sc2c1. The Balaban J connectivity index is 1.61. The summed E-state index contributed by atoms with van der Waals surface area (Å²) in [6.45, 7) is 0. The van der Waals surface area contributed by atoms with Gasteiger partial charge >= 0.3 is 6.08 Å². The molecule has 0 aliphatic carbocycles. The lowest BCUT2D eigenvalue weighted by molar-refractivity contribution is 0.535. The molecule has 2 aromatic carbocycles. The van der Waals surface area contributed by atoms with Crippen molar-refractivity contribution in [1.29, 1.82) is 0 Å². The number of sulfone groups is 1. The third-order valence-electron chi connectivity index (χ3n) is 4.00. The molecule has 0 atom stereocenters. The molecule has 9 heteroatoms. The minimum absolute atomic E-state index is 0.230. The summed E-state index contributed by atoms with van der Waals surface area (Å²) in [5, 5.41) is 3.48. The Hall–Kier alpha value is -2.91. The summed E-state index contributed by atoms with van der Waals surface area (Å²) in [6.07, 6.45) is 0.815. The zero-order valence-corrected chi connectivity index (χ0v) is 16.4. The van der Waals surface area contributed by atoms with Crippen LogP contribution in [0, 0.1) is 6.08 Å². The maximum Gasteiger partial charge on any atom is 0.310 e. The van der Waals surface area contributed by atoms with E-state index in [1.807, 2.05) is 30.3 Å². The van der Waals surface area contributed by atoms with Gasteiger partial charge in [-0.05, 0) is 23.8 Å². The number of benzene rings is 2.